The fourth-order valence-corrected chi connectivity index (χ4v) is 4.15. The van der Waals surface area contributed by atoms with Crippen LogP contribution in [0.2, 0.25) is 0 Å². The van der Waals surface area contributed by atoms with E-state index < -0.39 is 0 Å². The smallest absolute Gasteiger partial charge is 0.293 e. The molecule has 0 atom stereocenters. The van der Waals surface area contributed by atoms with Crippen LogP contribution >= 0.6 is 0 Å². The number of carbonyl (C=O) groups is 1. The van der Waals surface area contributed by atoms with E-state index in [-0.39, 0.29) is 5.60 Å². The van der Waals surface area contributed by atoms with E-state index in [2.05, 4.69) is 32.0 Å². The second-order valence-corrected chi connectivity index (χ2v) is 9.24. The Morgan fingerprint density at radius 2 is 1.69 bits per heavy atom. The summed E-state index contributed by atoms with van der Waals surface area (Å²) in [7, 11) is 0. The van der Waals surface area contributed by atoms with E-state index in [0.29, 0.717) is 6.47 Å². The number of hydrogen-bond donors (Lipinski definition) is 0. The zero-order valence-corrected chi connectivity index (χ0v) is 16.8. The molecule has 26 heavy (non-hydrogen) atoms. The molecule has 0 unspecified atom stereocenters. The zero-order chi connectivity index (χ0) is 18.5. The van der Waals surface area contributed by atoms with Crippen molar-refractivity contribution < 1.29 is 9.53 Å². The number of rotatable bonds is 13. The maximum absolute atomic E-state index is 10.5. The summed E-state index contributed by atoms with van der Waals surface area (Å²) in [5, 5.41) is 0. The first-order valence-corrected chi connectivity index (χ1v) is 10.7. The lowest BCUT2D eigenvalue weighted by molar-refractivity contribution is -0.135. The minimum Gasteiger partial charge on any atom is -0.461 e. The summed E-state index contributed by atoms with van der Waals surface area (Å²) in [6.07, 6.45) is 16.3. The highest BCUT2D eigenvalue weighted by Gasteiger charge is 2.44. The molecule has 2 heteroatoms. The van der Waals surface area contributed by atoms with Gasteiger partial charge < -0.3 is 4.74 Å². The van der Waals surface area contributed by atoms with Gasteiger partial charge in [0.1, 0.15) is 5.60 Å². The van der Waals surface area contributed by atoms with Crippen LogP contribution in [0.3, 0.4) is 0 Å². The Kier molecular flexibility index (Phi) is 6.42. The fraction of sp³-hybridized carbons (Fsp3) is 0.708. The average molecular weight is 357 g/mol. The molecule has 2 aliphatic rings. The summed E-state index contributed by atoms with van der Waals surface area (Å²) in [5.41, 5.74) is 5.07. The molecule has 2 nitrogen and oxygen atoms in total. The number of hydrogen-bond acceptors (Lipinski definition) is 2. The number of carbonyl (C=O) groups excluding carboxylic acids is 1. The van der Waals surface area contributed by atoms with Crippen LogP contribution in [0.5, 0.6) is 0 Å². The van der Waals surface area contributed by atoms with Gasteiger partial charge in [0.2, 0.25) is 0 Å². The molecule has 1 aromatic rings. The van der Waals surface area contributed by atoms with Gasteiger partial charge in [0, 0.05) is 0 Å². The molecule has 0 saturated heterocycles. The second kappa shape index (κ2) is 8.59. The molecule has 2 fully saturated rings. The van der Waals surface area contributed by atoms with E-state index in [1.54, 1.807) is 0 Å². The minimum absolute atomic E-state index is 0.0849. The highest BCUT2D eigenvalue weighted by molar-refractivity contribution is 5.39. The van der Waals surface area contributed by atoms with Crippen LogP contribution in [0.4, 0.5) is 0 Å². The van der Waals surface area contributed by atoms with Crippen LogP contribution in [0.1, 0.15) is 94.2 Å². The molecule has 1 aromatic carbocycles. The molecular weight excluding hydrogens is 320 g/mol. The van der Waals surface area contributed by atoms with Gasteiger partial charge in [-0.3, -0.25) is 4.79 Å². The van der Waals surface area contributed by atoms with E-state index in [4.69, 9.17) is 4.74 Å². The SMILES string of the molecule is Cc1cc(CCCCC2(OC=O)CC2)ccc1CCCCCC1(C)CC1. The number of aryl methyl sites for hydroxylation is 3. The van der Waals surface area contributed by atoms with Crippen molar-refractivity contribution in [1.82, 2.24) is 0 Å². The van der Waals surface area contributed by atoms with Crippen molar-refractivity contribution >= 4 is 6.47 Å². The normalized spacial score (nSPS) is 19.2. The van der Waals surface area contributed by atoms with Gasteiger partial charge in [-0.15, -0.1) is 0 Å². The second-order valence-electron chi connectivity index (χ2n) is 9.24. The molecule has 0 aromatic heterocycles. The summed E-state index contributed by atoms with van der Waals surface area (Å²) in [5.74, 6) is 0. The quantitative estimate of drug-likeness (QED) is 0.305. The fourth-order valence-electron chi connectivity index (χ4n) is 4.15. The van der Waals surface area contributed by atoms with Crippen molar-refractivity contribution in [2.75, 3.05) is 0 Å². The molecule has 3 rings (SSSR count). The summed E-state index contributed by atoms with van der Waals surface area (Å²) in [6, 6.07) is 7.06. The summed E-state index contributed by atoms with van der Waals surface area (Å²) in [4.78, 5) is 10.5. The average Bonchev–Trinajstić information content (AvgIpc) is 3.53. The van der Waals surface area contributed by atoms with Crippen molar-refractivity contribution in [3.05, 3.63) is 34.9 Å². The third-order valence-corrected chi connectivity index (χ3v) is 6.69. The van der Waals surface area contributed by atoms with E-state index in [0.717, 1.165) is 37.5 Å². The van der Waals surface area contributed by atoms with Crippen LogP contribution in [-0.4, -0.2) is 12.1 Å². The van der Waals surface area contributed by atoms with Crippen LogP contribution in [-0.2, 0) is 22.4 Å². The van der Waals surface area contributed by atoms with Crippen molar-refractivity contribution in [3.63, 3.8) is 0 Å². The van der Waals surface area contributed by atoms with Crippen molar-refractivity contribution in [2.45, 2.75) is 103 Å². The monoisotopic (exact) mass is 356 g/mol. The van der Waals surface area contributed by atoms with Gasteiger partial charge in [0.05, 0.1) is 0 Å². The van der Waals surface area contributed by atoms with Gasteiger partial charge in [0.15, 0.2) is 0 Å². The third kappa shape index (κ3) is 5.86. The molecular formula is C24H36O2. The first-order valence-electron chi connectivity index (χ1n) is 10.7. The first kappa shape index (κ1) is 19.5. The molecule has 0 aliphatic heterocycles. The van der Waals surface area contributed by atoms with Gasteiger partial charge >= 0.3 is 0 Å². The molecule has 144 valence electrons. The predicted octanol–water partition coefficient (Wildman–Crippen LogP) is 6.32. The van der Waals surface area contributed by atoms with Gasteiger partial charge in [-0.2, -0.15) is 0 Å². The Bertz CT molecular complexity index is 596. The van der Waals surface area contributed by atoms with Crippen molar-refractivity contribution in [2.24, 2.45) is 5.41 Å². The van der Waals surface area contributed by atoms with Crippen LogP contribution in [0.15, 0.2) is 18.2 Å². The molecule has 0 amide bonds. The lowest BCUT2D eigenvalue weighted by atomic mass is 9.96. The lowest BCUT2D eigenvalue weighted by Gasteiger charge is -2.13. The summed E-state index contributed by atoms with van der Waals surface area (Å²) >= 11 is 0. The molecule has 2 aliphatic carbocycles. The largest absolute Gasteiger partial charge is 0.461 e. The van der Waals surface area contributed by atoms with Crippen LogP contribution in [0, 0.1) is 12.3 Å². The number of benzene rings is 1. The Morgan fingerprint density at radius 1 is 0.962 bits per heavy atom. The zero-order valence-electron chi connectivity index (χ0n) is 16.8. The van der Waals surface area contributed by atoms with Crippen LogP contribution < -0.4 is 0 Å². The molecule has 0 bridgehead atoms. The Balaban J connectivity index is 1.32. The van der Waals surface area contributed by atoms with Gasteiger partial charge in [-0.05, 0) is 99.7 Å². The lowest BCUT2D eigenvalue weighted by Crippen LogP contribution is -2.12. The topological polar surface area (TPSA) is 26.3 Å². The number of unbranched alkanes of at least 4 members (excludes halogenated alkanes) is 3. The highest BCUT2D eigenvalue weighted by atomic mass is 16.5. The molecule has 0 radical (unpaired) electrons. The van der Waals surface area contributed by atoms with Crippen LogP contribution in [0.25, 0.3) is 0 Å². The first-order chi connectivity index (χ1) is 12.5. The minimum atomic E-state index is -0.0849. The summed E-state index contributed by atoms with van der Waals surface area (Å²) in [6.45, 7) is 5.33. The molecule has 0 N–H and O–H groups in total. The maximum atomic E-state index is 10.5. The predicted molar refractivity (Wildman–Crippen MR) is 107 cm³/mol. The molecule has 2 saturated carbocycles. The van der Waals surface area contributed by atoms with Crippen molar-refractivity contribution in [1.29, 1.82) is 0 Å². The van der Waals surface area contributed by atoms with E-state index in [1.807, 2.05) is 0 Å². The maximum Gasteiger partial charge on any atom is 0.293 e. The van der Waals surface area contributed by atoms with E-state index in [1.165, 1.54) is 68.1 Å². The van der Waals surface area contributed by atoms with E-state index >= 15 is 0 Å². The van der Waals surface area contributed by atoms with Gasteiger partial charge in [-0.1, -0.05) is 38.0 Å². The van der Waals surface area contributed by atoms with Gasteiger partial charge in [-0.25, -0.2) is 0 Å². The summed E-state index contributed by atoms with van der Waals surface area (Å²) < 4.78 is 5.22. The Labute approximate surface area is 159 Å². The number of ether oxygens (including phenoxy) is 1. The Morgan fingerprint density at radius 3 is 2.35 bits per heavy atom. The third-order valence-electron chi connectivity index (χ3n) is 6.69. The standard InChI is InChI=1S/C24H36O2/c1-20-18-21(8-5-7-13-24(16-17-24)26-19-25)10-11-22(20)9-4-3-6-12-23(2)14-15-23/h10-11,18-19H,3-9,12-17H2,1-2H3. The Hall–Kier alpha value is -1.31. The van der Waals surface area contributed by atoms with E-state index in [9.17, 15) is 4.79 Å². The van der Waals surface area contributed by atoms with Gasteiger partial charge in [0.25, 0.3) is 6.47 Å². The molecule has 0 spiro atoms. The van der Waals surface area contributed by atoms with Crippen molar-refractivity contribution in [3.8, 4) is 0 Å². The highest BCUT2D eigenvalue weighted by Crippen LogP contribution is 2.49. The molecule has 0 heterocycles.